The number of para-hydroxylation sites is 2. The molecule has 0 bridgehead atoms. The van der Waals surface area contributed by atoms with E-state index >= 15 is 0 Å². The second kappa shape index (κ2) is 5.79. The molecule has 19 heavy (non-hydrogen) atoms. The van der Waals surface area contributed by atoms with Gasteiger partial charge >= 0.3 is 6.61 Å². The SMILES string of the molecule is Cc1cnc(Cl)nc1Nc1ccccc1OC(F)F. The summed E-state index contributed by atoms with van der Waals surface area (Å²) in [5.74, 6) is 0.469. The number of alkyl halides is 2. The van der Waals surface area contributed by atoms with E-state index in [0.717, 1.165) is 5.56 Å². The van der Waals surface area contributed by atoms with Crippen molar-refractivity contribution in [2.45, 2.75) is 13.5 Å². The van der Waals surface area contributed by atoms with E-state index in [4.69, 9.17) is 11.6 Å². The van der Waals surface area contributed by atoms with Crippen molar-refractivity contribution in [3.8, 4) is 5.75 Å². The van der Waals surface area contributed by atoms with Crippen LogP contribution in [-0.4, -0.2) is 16.6 Å². The van der Waals surface area contributed by atoms with E-state index in [9.17, 15) is 8.78 Å². The fraction of sp³-hybridized carbons (Fsp3) is 0.167. The van der Waals surface area contributed by atoms with E-state index in [1.807, 2.05) is 0 Å². The predicted octanol–water partition coefficient (Wildman–Crippen LogP) is 3.78. The van der Waals surface area contributed by atoms with Crippen molar-refractivity contribution in [2.24, 2.45) is 0 Å². The average molecular weight is 286 g/mol. The van der Waals surface area contributed by atoms with Crippen LogP contribution in [0.3, 0.4) is 0 Å². The summed E-state index contributed by atoms with van der Waals surface area (Å²) in [5, 5.41) is 2.96. The molecule has 0 atom stereocenters. The van der Waals surface area contributed by atoms with E-state index in [-0.39, 0.29) is 11.0 Å². The molecule has 0 aliphatic heterocycles. The lowest BCUT2D eigenvalue weighted by atomic mass is 10.2. The lowest BCUT2D eigenvalue weighted by Gasteiger charge is -2.13. The highest BCUT2D eigenvalue weighted by Gasteiger charge is 2.11. The van der Waals surface area contributed by atoms with Gasteiger partial charge in [0.25, 0.3) is 0 Å². The molecule has 2 aromatic rings. The van der Waals surface area contributed by atoms with Gasteiger partial charge in [-0.1, -0.05) is 12.1 Å². The molecule has 1 aromatic heterocycles. The molecule has 0 aliphatic carbocycles. The van der Waals surface area contributed by atoms with Gasteiger partial charge in [0.15, 0.2) is 0 Å². The van der Waals surface area contributed by atoms with Crippen molar-refractivity contribution < 1.29 is 13.5 Å². The molecule has 4 nitrogen and oxygen atoms in total. The summed E-state index contributed by atoms with van der Waals surface area (Å²) < 4.78 is 29.0. The number of rotatable bonds is 4. The topological polar surface area (TPSA) is 47.0 Å². The van der Waals surface area contributed by atoms with Gasteiger partial charge in [-0.3, -0.25) is 0 Å². The predicted molar refractivity (Wildman–Crippen MR) is 68.1 cm³/mol. The minimum absolute atomic E-state index is 0.0339. The Labute approximate surface area is 113 Å². The summed E-state index contributed by atoms with van der Waals surface area (Å²) in [4.78, 5) is 7.80. The molecule has 0 aliphatic rings. The van der Waals surface area contributed by atoms with Gasteiger partial charge < -0.3 is 10.1 Å². The van der Waals surface area contributed by atoms with Crippen LogP contribution >= 0.6 is 11.6 Å². The Morgan fingerprint density at radius 3 is 2.79 bits per heavy atom. The van der Waals surface area contributed by atoms with E-state index in [1.54, 1.807) is 25.1 Å². The highest BCUT2D eigenvalue weighted by Crippen LogP contribution is 2.29. The third-order valence-electron chi connectivity index (χ3n) is 2.30. The maximum absolute atomic E-state index is 12.3. The fourth-order valence-corrected chi connectivity index (χ4v) is 1.58. The average Bonchev–Trinajstić information content (AvgIpc) is 2.35. The van der Waals surface area contributed by atoms with Crippen LogP contribution in [0.1, 0.15) is 5.56 Å². The Bertz CT molecular complexity index is 581. The number of hydrogen-bond donors (Lipinski definition) is 1. The number of nitrogens with zero attached hydrogens (tertiary/aromatic N) is 2. The minimum Gasteiger partial charge on any atom is -0.433 e. The largest absolute Gasteiger partial charge is 0.433 e. The number of ether oxygens (including phenoxy) is 1. The van der Waals surface area contributed by atoms with Crippen LogP contribution in [0.15, 0.2) is 30.5 Å². The zero-order chi connectivity index (χ0) is 13.8. The van der Waals surface area contributed by atoms with Gasteiger partial charge in [-0.05, 0) is 30.7 Å². The van der Waals surface area contributed by atoms with Crippen molar-refractivity contribution in [1.82, 2.24) is 9.97 Å². The number of halogens is 3. The number of nitrogens with one attached hydrogen (secondary N) is 1. The molecule has 0 unspecified atom stereocenters. The van der Waals surface area contributed by atoms with Crippen LogP contribution in [0.2, 0.25) is 5.28 Å². The lowest BCUT2D eigenvalue weighted by Crippen LogP contribution is -2.05. The second-order valence-electron chi connectivity index (χ2n) is 3.67. The van der Waals surface area contributed by atoms with Gasteiger partial charge in [0.2, 0.25) is 5.28 Å². The summed E-state index contributed by atoms with van der Waals surface area (Å²) in [5.41, 5.74) is 1.11. The van der Waals surface area contributed by atoms with Crippen molar-refractivity contribution in [3.05, 3.63) is 41.3 Å². The summed E-state index contributed by atoms with van der Waals surface area (Å²) in [7, 11) is 0. The summed E-state index contributed by atoms with van der Waals surface area (Å²) >= 11 is 5.69. The molecule has 2 rings (SSSR count). The second-order valence-corrected chi connectivity index (χ2v) is 4.01. The number of anilines is 2. The molecular weight excluding hydrogens is 276 g/mol. The standard InChI is InChI=1S/C12H10ClF2N3O/c1-7-6-16-11(13)18-10(7)17-8-4-2-3-5-9(8)19-12(14)15/h2-6,12H,1H3,(H,16,17,18). The summed E-state index contributed by atoms with van der Waals surface area (Å²) in [6.07, 6.45) is 1.54. The Balaban J connectivity index is 2.30. The molecule has 0 fully saturated rings. The maximum atomic E-state index is 12.3. The number of benzene rings is 1. The quantitative estimate of drug-likeness (QED) is 0.868. The molecule has 7 heteroatoms. The molecule has 0 saturated heterocycles. The molecule has 1 N–H and O–H groups in total. The normalized spacial score (nSPS) is 10.6. The smallest absolute Gasteiger partial charge is 0.387 e. The first kappa shape index (κ1) is 13.5. The van der Waals surface area contributed by atoms with Crippen molar-refractivity contribution in [2.75, 3.05) is 5.32 Å². The Kier molecular flexibility index (Phi) is 4.11. The summed E-state index contributed by atoms with van der Waals surface area (Å²) in [6, 6.07) is 6.33. The monoisotopic (exact) mass is 285 g/mol. The van der Waals surface area contributed by atoms with E-state index < -0.39 is 6.61 Å². The number of hydrogen-bond acceptors (Lipinski definition) is 4. The summed E-state index contributed by atoms with van der Waals surface area (Å²) in [6.45, 7) is -1.12. The first-order valence-corrected chi connectivity index (χ1v) is 5.74. The van der Waals surface area contributed by atoms with Crippen molar-refractivity contribution in [1.29, 1.82) is 0 Å². The van der Waals surface area contributed by atoms with Crippen LogP contribution in [0.5, 0.6) is 5.75 Å². The number of aromatic nitrogens is 2. The Morgan fingerprint density at radius 1 is 1.32 bits per heavy atom. The molecule has 0 spiro atoms. The van der Waals surface area contributed by atoms with E-state index in [0.29, 0.717) is 11.5 Å². The maximum Gasteiger partial charge on any atom is 0.387 e. The van der Waals surface area contributed by atoms with Crippen molar-refractivity contribution in [3.63, 3.8) is 0 Å². The minimum atomic E-state index is -2.89. The molecule has 0 amide bonds. The fourth-order valence-electron chi connectivity index (χ4n) is 1.44. The van der Waals surface area contributed by atoms with Gasteiger partial charge in [-0.15, -0.1) is 0 Å². The van der Waals surface area contributed by atoms with E-state index in [2.05, 4.69) is 20.0 Å². The van der Waals surface area contributed by atoms with Gasteiger partial charge in [0.1, 0.15) is 11.6 Å². The highest BCUT2D eigenvalue weighted by atomic mass is 35.5. The third-order valence-corrected chi connectivity index (χ3v) is 2.48. The first-order chi connectivity index (χ1) is 9.06. The van der Waals surface area contributed by atoms with Crippen LogP contribution in [0.4, 0.5) is 20.3 Å². The Hall–Kier alpha value is -1.95. The van der Waals surface area contributed by atoms with Crippen LogP contribution in [-0.2, 0) is 0 Å². The van der Waals surface area contributed by atoms with Crippen LogP contribution < -0.4 is 10.1 Å². The van der Waals surface area contributed by atoms with Gasteiger partial charge in [0.05, 0.1) is 5.69 Å². The van der Waals surface area contributed by atoms with Crippen molar-refractivity contribution >= 4 is 23.1 Å². The van der Waals surface area contributed by atoms with E-state index in [1.165, 1.54) is 12.3 Å². The zero-order valence-corrected chi connectivity index (χ0v) is 10.7. The van der Waals surface area contributed by atoms with Gasteiger partial charge in [-0.25, -0.2) is 9.97 Å². The molecular formula is C12H10ClF2N3O. The highest BCUT2D eigenvalue weighted by molar-refractivity contribution is 6.28. The Morgan fingerprint density at radius 2 is 2.05 bits per heavy atom. The zero-order valence-electron chi connectivity index (χ0n) is 9.90. The number of aryl methyl sites for hydroxylation is 1. The van der Waals surface area contributed by atoms with Gasteiger partial charge in [-0.2, -0.15) is 8.78 Å². The molecule has 100 valence electrons. The van der Waals surface area contributed by atoms with Crippen LogP contribution in [0.25, 0.3) is 0 Å². The molecule has 1 aromatic carbocycles. The first-order valence-electron chi connectivity index (χ1n) is 5.36. The third kappa shape index (κ3) is 3.51. The molecule has 0 saturated carbocycles. The van der Waals surface area contributed by atoms with Gasteiger partial charge in [0, 0.05) is 11.8 Å². The molecule has 1 heterocycles. The molecule has 0 radical (unpaired) electrons. The lowest BCUT2D eigenvalue weighted by molar-refractivity contribution is -0.0493. The van der Waals surface area contributed by atoms with Crippen LogP contribution in [0, 0.1) is 6.92 Å².